The molecule has 1 atom stereocenters. The van der Waals surface area contributed by atoms with Gasteiger partial charge in [0.1, 0.15) is 17.8 Å². The minimum Gasteiger partial charge on any atom is -0.368 e. The molecule has 3 heterocycles. The van der Waals surface area contributed by atoms with Gasteiger partial charge in [0.15, 0.2) is 0 Å². The number of imidazole rings is 2. The number of morpholine rings is 1. The van der Waals surface area contributed by atoms with Gasteiger partial charge in [-0.1, -0.05) is 13.3 Å². The Bertz CT molecular complexity index is 633. The average Bonchev–Trinajstić information content (AvgIpc) is 3.11. The third-order valence-corrected chi connectivity index (χ3v) is 4.31. The quantitative estimate of drug-likeness (QED) is 0.888. The monoisotopic (exact) mass is 317 g/mol. The molecule has 0 unspecified atom stereocenters. The van der Waals surface area contributed by atoms with Crippen molar-refractivity contribution in [3.8, 4) is 0 Å². The number of aryl methyl sites for hydroxylation is 3. The summed E-state index contributed by atoms with van der Waals surface area (Å²) in [5.41, 5.74) is 2.23. The maximum Gasteiger partial charge on any atom is 0.139 e. The molecule has 23 heavy (non-hydrogen) atoms. The Morgan fingerprint density at radius 1 is 1.43 bits per heavy atom. The number of rotatable bonds is 6. The van der Waals surface area contributed by atoms with Gasteiger partial charge < -0.3 is 14.3 Å². The highest BCUT2D eigenvalue weighted by atomic mass is 16.5. The van der Waals surface area contributed by atoms with Crippen molar-refractivity contribution in [1.29, 1.82) is 0 Å². The second kappa shape index (κ2) is 7.27. The van der Waals surface area contributed by atoms with Gasteiger partial charge in [-0.25, -0.2) is 9.97 Å². The molecule has 0 amide bonds. The van der Waals surface area contributed by atoms with Gasteiger partial charge in [-0.05, 0) is 13.3 Å². The summed E-state index contributed by atoms with van der Waals surface area (Å²) in [6.07, 6.45) is 7.49. The Balaban J connectivity index is 1.60. The van der Waals surface area contributed by atoms with Gasteiger partial charge in [0.05, 0.1) is 12.3 Å². The molecule has 0 aromatic carbocycles. The van der Waals surface area contributed by atoms with Gasteiger partial charge in [-0.2, -0.15) is 0 Å². The summed E-state index contributed by atoms with van der Waals surface area (Å²) in [5, 5.41) is 0. The third kappa shape index (κ3) is 4.00. The lowest BCUT2D eigenvalue weighted by atomic mass is 10.2. The molecule has 0 spiro atoms. The van der Waals surface area contributed by atoms with Crippen LogP contribution in [0.3, 0.4) is 0 Å². The van der Waals surface area contributed by atoms with E-state index in [4.69, 9.17) is 4.74 Å². The van der Waals surface area contributed by atoms with Crippen molar-refractivity contribution in [2.75, 3.05) is 19.7 Å². The van der Waals surface area contributed by atoms with Gasteiger partial charge in [0, 0.05) is 51.2 Å². The van der Waals surface area contributed by atoms with E-state index in [1.165, 1.54) is 18.5 Å². The Morgan fingerprint density at radius 2 is 2.30 bits per heavy atom. The number of hydrogen-bond acceptors (Lipinski definition) is 4. The zero-order chi connectivity index (χ0) is 16.2. The molecule has 6 nitrogen and oxygen atoms in total. The fourth-order valence-corrected chi connectivity index (χ4v) is 3.13. The highest BCUT2D eigenvalue weighted by Crippen LogP contribution is 2.22. The maximum atomic E-state index is 5.93. The summed E-state index contributed by atoms with van der Waals surface area (Å²) in [5.74, 6) is 2.12. The van der Waals surface area contributed by atoms with Gasteiger partial charge in [0.2, 0.25) is 0 Å². The summed E-state index contributed by atoms with van der Waals surface area (Å²) >= 11 is 0. The Labute approximate surface area is 137 Å². The fraction of sp³-hybridized carbons (Fsp3) is 0.647. The molecule has 2 aromatic rings. The predicted octanol–water partition coefficient (Wildman–Crippen LogP) is 2.37. The first-order valence-electron chi connectivity index (χ1n) is 8.52. The van der Waals surface area contributed by atoms with Gasteiger partial charge in [-0.3, -0.25) is 4.90 Å². The summed E-state index contributed by atoms with van der Waals surface area (Å²) in [7, 11) is 2.03. The maximum absolute atomic E-state index is 5.93. The number of aromatic nitrogens is 4. The van der Waals surface area contributed by atoms with Crippen molar-refractivity contribution in [2.24, 2.45) is 7.05 Å². The van der Waals surface area contributed by atoms with Crippen LogP contribution in [-0.2, 0) is 24.8 Å². The van der Waals surface area contributed by atoms with Crippen LogP contribution in [0.5, 0.6) is 0 Å². The number of ether oxygens (including phenoxy) is 1. The minimum atomic E-state index is 0.0462. The first kappa shape index (κ1) is 16.2. The molecule has 1 aliphatic heterocycles. The first-order chi connectivity index (χ1) is 11.2. The van der Waals surface area contributed by atoms with Crippen molar-refractivity contribution < 1.29 is 4.74 Å². The molecule has 1 N–H and O–H groups in total. The van der Waals surface area contributed by atoms with Crippen LogP contribution in [0.1, 0.15) is 48.9 Å². The largest absolute Gasteiger partial charge is 0.368 e. The standard InChI is InChI=1S/C17H27N5O/c1-4-5-6-16-18-9-14(20-16)11-22-7-8-23-15(12-22)17-19-13(2)10-21(17)3/h9-10,15H,4-8,11-12H2,1-3H3,(H,18,20)/t15-/m1/s1. The average molecular weight is 317 g/mol. The van der Waals surface area contributed by atoms with Crippen LogP contribution in [0.4, 0.5) is 0 Å². The number of hydrogen-bond donors (Lipinski definition) is 1. The summed E-state index contributed by atoms with van der Waals surface area (Å²) in [6.45, 7) is 7.68. The molecular formula is C17H27N5O. The Morgan fingerprint density at radius 3 is 3.04 bits per heavy atom. The number of nitrogens with one attached hydrogen (secondary N) is 1. The Kier molecular flexibility index (Phi) is 5.13. The highest BCUT2D eigenvalue weighted by molar-refractivity contribution is 5.06. The van der Waals surface area contributed by atoms with E-state index in [1.54, 1.807) is 0 Å². The van der Waals surface area contributed by atoms with Crippen molar-refractivity contribution in [1.82, 2.24) is 24.4 Å². The molecule has 0 saturated carbocycles. The zero-order valence-electron chi connectivity index (χ0n) is 14.4. The minimum absolute atomic E-state index is 0.0462. The van der Waals surface area contributed by atoms with Crippen LogP contribution >= 0.6 is 0 Å². The van der Waals surface area contributed by atoms with Crippen LogP contribution in [-0.4, -0.2) is 44.1 Å². The van der Waals surface area contributed by atoms with Crippen LogP contribution in [0.2, 0.25) is 0 Å². The number of nitrogens with zero attached hydrogens (tertiary/aromatic N) is 4. The molecule has 1 aliphatic rings. The summed E-state index contributed by atoms with van der Waals surface area (Å²) in [4.78, 5) is 15.0. The van der Waals surface area contributed by atoms with Gasteiger partial charge >= 0.3 is 0 Å². The first-order valence-corrected chi connectivity index (χ1v) is 8.52. The molecule has 0 bridgehead atoms. The topological polar surface area (TPSA) is 59.0 Å². The molecule has 0 aliphatic carbocycles. The lowest BCUT2D eigenvalue weighted by molar-refractivity contribution is -0.0387. The summed E-state index contributed by atoms with van der Waals surface area (Å²) in [6, 6.07) is 0. The smallest absolute Gasteiger partial charge is 0.139 e. The van der Waals surface area contributed by atoms with E-state index in [2.05, 4.69) is 31.3 Å². The predicted molar refractivity (Wildman–Crippen MR) is 89.1 cm³/mol. The number of aromatic amines is 1. The van der Waals surface area contributed by atoms with E-state index >= 15 is 0 Å². The van der Waals surface area contributed by atoms with Gasteiger partial charge in [-0.15, -0.1) is 0 Å². The van der Waals surface area contributed by atoms with Crippen LogP contribution < -0.4 is 0 Å². The normalized spacial score (nSPS) is 19.3. The van der Waals surface area contributed by atoms with Crippen LogP contribution in [0, 0.1) is 6.92 Å². The Hall–Kier alpha value is -1.66. The van der Waals surface area contributed by atoms with Crippen molar-refractivity contribution in [3.05, 3.63) is 35.4 Å². The van der Waals surface area contributed by atoms with E-state index < -0.39 is 0 Å². The van der Waals surface area contributed by atoms with E-state index in [0.29, 0.717) is 0 Å². The second-order valence-electron chi connectivity index (χ2n) is 6.40. The van der Waals surface area contributed by atoms with E-state index in [-0.39, 0.29) is 6.10 Å². The van der Waals surface area contributed by atoms with E-state index in [0.717, 1.165) is 50.0 Å². The summed E-state index contributed by atoms with van der Waals surface area (Å²) < 4.78 is 8.01. The molecule has 2 aromatic heterocycles. The van der Waals surface area contributed by atoms with E-state index in [9.17, 15) is 0 Å². The number of H-pyrrole nitrogens is 1. The number of unbranched alkanes of at least 4 members (excludes halogenated alkanes) is 1. The molecule has 1 fully saturated rings. The fourth-order valence-electron chi connectivity index (χ4n) is 3.13. The molecule has 0 radical (unpaired) electrons. The third-order valence-electron chi connectivity index (χ3n) is 4.31. The van der Waals surface area contributed by atoms with Crippen molar-refractivity contribution in [2.45, 2.75) is 45.8 Å². The van der Waals surface area contributed by atoms with Gasteiger partial charge in [0.25, 0.3) is 0 Å². The molecule has 3 rings (SSSR count). The molecular weight excluding hydrogens is 290 g/mol. The highest BCUT2D eigenvalue weighted by Gasteiger charge is 2.25. The van der Waals surface area contributed by atoms with Crippen LogP contribution in [0.15, 0.2) is 12.4 Å². The molecule has 6 heteroatoms. The molecule has 126 valence electrons. The SMILES string of the molecule is CCCCc1ncc(CN2CCO[C@@H](c3nc(C)cn3C)C2)[nH]1. The molecule has 1 saturated heterocycles. The zero-order valence-corrected chi connectivity index (χ0v) is 14.4. The lowest BCUT2D eigenvalue weighted by Crippen LogP contribution is -2.38. The van der Waals surface area contributed by atoms with Crippen molar-refractivity contribution >= 4 is 0 Å². The van der Waals surface area contributed by atoms with Crippen molar-refractivity contribution in [3.63, 3.8) is 0 Å². The van der Waals surface area contributed by atoms with Crippen LogP contribution in [0.25, 0.3) is 0 Å². The lowest BCUT2D eigenvalue weighted by Gasteiger charge is -2.32. The second-order valence-corrected chi connectivity index (χ2v) is 6.40. The van der Waals surface area contributed by atoms with E-state index in [1.807, 2.05) is 26.4 Å².